The smallest absolute Gasteiger partial charge is 0.239 e. The van der Waals surface area contributed by atoms with Gasteiger partial charge in [0.2, 0.25) is 11.8 Å². The number of carbonyl (C=O) groups is 2. The standard InChI is InChI=1S/C19H21FN2O3/c1-4-25-14-11-9-13(10-12-14)21-17(23)19(2,3)18(24)22-16-8-6-5-7-15(16)20/h5-12H,4H2,1-3H3,(H,21,23)(H,22,24). The van der Waals surface area contributed by atoms with Crippen LogP contribution in [0.4, 0.5) is 15.8 Å². The minimum Gasteiger partial charge on any atom is -0.494 e. The molecule has 0 aliphatic rings. The zero-order chi connectivity index (χ0) is 18.4. The van der Waals surface area contributed by atoms with Crippen molar-refractivity contribution in [3.8, 4) is 5.75 Å². The highest BCUT2D eigenvalue weighted by atomic mass is 19.1. The van der Waals surface area contributed by atoms with Crippen LogP contribution in [0.25, 0.3) is 0 Å². The van der Waals surface area contributed by atoms with E-state index in [4.69, 9.17) is 4.74 Å². The summed E-state index contributed by atoms with van der Waals surface area (Å²) in [4.78, 5) is 24.9. The number of halogens is 1. The van der Waals surface area contributed by atoms with Crippen LogP contribution in [0.15, 0.2) is 48.5 Å². The molecule has 0 saturated heterocycles. The Labute approximate surface area is 146 Å². The van der Waals surface area contributed by atoms with Crippen LogP contribution in [-0.4, -0.2) is 18.4 Å². The van der Waals surface area contributed by atoms with Gasteiger partial charge in [0, 0.05) is 5.69 Å². The number of rotatable bonds is 6. The highest BCUT2D eigenvalue weighted by molar-refractivity contribution is 6.14. The van der Waals surface area contributed by atoms with Crippen molar-refractivity contribution in [3.05, 3.63) is 54.3 Å². The molecule has 2 N–H and O–H groups in total. The lowest BCUT2D eigenvalue weighted by molar-refractivity contribution is -0.135. The van der Waals surface area contributed by atoms with Gasteiger partial charge >= 0.3 is 0 Å². The van der Waals surface area contributed by atoms with Gasteiger partial charge in [-0.15, -0.1) is 0 Å². The molecule has 2 aromatic carbocycles. The van der Waals surface area contributed by atoms with Crippen molar-refractivity contribution in [2.45, 2.75) is 20.8 Å². The molecular formula is C19H21FN2O3. The van der Waals surface area contributed by atoms with Crippen LogP contribution in [0, 0.1) is 11.2 Å². The van der Waals surface area contributed by atoms with Crippen LogP contribution in [0.3, 0.4) is 0 Å². The number of hydrogen-bond donors (Lipinski definition) is 2. The predicted molar refractivity (Wildman–Crippen MR) is 95.1 cm³/mol. The Kier molecular flexibility index (Phi) is 5.75. The minimum absolute atomic E-state index is 0.0365. The SMILES string of the molecule is CCOc1ccc(NC(=O)C(C)(C)C(=O)Nc2ccccc2F)cc1. The molecule has 2 aromatic rings. The summed E-state index contributed by atoms with van der Waals surface area (Å²) in [6, 6.07) is 12.6. The van der Waals surface area contributed by atoms with Gasteiger partial charge in [-0.25, -0.2) is 4.39 Å². The second-order valence-corrected chi connectivity index (χ2v) is 5.97. The van der Waals surface area contributed by atoms with Crippen LogP contribution >= 0.6 is 0 Å². The van der Waals surface area contributed by atoms with Gasteiger partial charge in [0.05, 0.1) is 12.3 Å². The van der Waals surface area contributed by atoms with E-state index in [9.17, 15) is 14.0 Å². The molecule has 2 amide bonds. The normalized spacial score (nSPS) is 10.9. The lowest BCUT2D eigenvalue weighted by Gasteiger charge is -2.23. The Morgan fingerprint density at radius 3 is 2.20 bits per heavy atom. The number of benzene rings is 2. The maximum atomic E-state index is 13.7. The quantitative estimate of drug-likeness (QED) is 0.783. The number of ether oxygens (including phenoxy) is 1. The zero-order valence-corrected chi connectivity index (χ0v) is 14.4. The Hall–Kier alpha value is -2.89. The Morgan fingerprint density at radius 1 is 1.00 bits per heavy atom. The number of amides is 2. The molecule has 0 aromatic heterocycles. The van der Waals surface area contributed by atoms with E-state index < -0.39 is 23.0 Å². The fourth-order valence-electron chi connectivity index (χ4n) is 2.03. The van der Waals surface area contributed by atoms with Crippen LogP contribution < -0.4 is 15.4 Å². The van der Waals surface area contributed by atoms with E-state index in [0.29, 0.717) is 18.0 Å². The van der Waals surface area contributed by atoms with Gasteiger partial charge < -0.3 is 15.4 Å². The van der Waals surface area contributed by atoms with Gasteiger partial charge in [-0.2, -0.15) is 0 Å². The lowest BCUT2D eigenvalue weighted by atomic mass is 9.90. The van der Waals surface area contributed by atoms with Gasteiger partial charge in [-0.1, -0.05) is 12.1 Å². The van der Waals surface area contributed by atoms with Crippen molar-refractivity contribution in [2.24, 2.45) is 5.41 Å². The van der Waals surface area contributed by atoms with E-state index in [1.165, 1.54) is 32.0 Å². The molecule has 2 rings (SSSR count). The summed E-state index contributed by atoms with van der Waals surface area (Å²) in [6.07, 6.45) is 0. The first-order chi connectivity index (χ1) is 11.8. The minimum atomic E-state index is -1.39. The fraction of sp³-hybridized carbons (Fsp3) is 0.263. The summed E-state index contributed by atoms with van der Waals surface area (Å²) < 4.78 is 19.0. The van der Waals surface area contributed by atoms with Crippen molar-refractivity contribution in [2.75, 3.05) is 17.2 Å². The molecular weight excluding hydrogens is 323 g/mol. The molecule has 0 aliphatic heterocycles. The topological polar surface area (TPSA) is 67.4 Å². The average molecular weight is 344 g/mol. The fourth-order valence-corrected chi connectivity index (χ4v) is 2.03. The summed E-state index contributed by atoms with van der Waals surface area (Å²) >= 11 is 0. The van der Waals surface area contributed by atoms with Gasteiger partial charge in [0.1, 0.15) is 17.0 Å². The summed E-state index contributed by atoms with van der Waals surface area (Å²) in [5, 5.41) is 5.13. The summed E-state index contributed by atoms with van der Waals surface area (Å²) in [6.45, 7) is 5.39. The molecule has 0 saturated carbocycles. The first-order valence-electron chi connectivity index (χ1n) is 7.95. The van der Waals surface area contributed by atoms with Crippen molar-refractivity contribution in [1.82, 2.24) is 0 Å². The third kappa shape index (κ3) is 4.56. The maximum Gasteiger partial charge on any atom is 0.239 e. The molecule has 0 unspecified atom stereocenters. The molecule has 5 nitrogen and oxygen atoms in total. The van der Waals surface area contributed by atoms with Crippen LogP contribution in [0.5, 0.6) is 5.75 Å². The molecule has 0 heterocycles. The second kappa shape index (κ2) is 7.79. The molecule has 0 aliphatic carbocycles. The number of anilines is 2. The van der Waals surface area contributed by atoms with E-state index >= 15 is 0 Å². The van der Waals surface area contributed by atoms with Crippen LogP contribution in [0.1, 0.15) is 20.8 Å². The largest absolute Gasteiger partial charge is 0.494 e. The number of carbonyl (C=O) groups excluding carboxylic acids is 2. The first-order valence-corrected chi connectivity index (χ1v) is 7.95. The molecule has 132 valence electrons. The number of nitrogens with one attached hydrogen (secondary N) is 2. The first kappa shape index (κ1) is 18.4. The third-order valence-corrected chi connectivity index (χ3v) is 3.68. The Morgan fingerprint density at radius 2 is 1.60 bits per heavy atom. The lowest BCUT2D eigenvalue weighted by Crippen LogP contribution is -2.41. The van der Waals surface area contributed by atoms with E-state index in [1.54, 1.807) is 30.3 Å². The molecule has 6 heteroatoms. The molecule has 25 heavy (non-hydrogen) atoms. The summed E-state index contributed by atoms with van der Waals surface area (Å²) in [5.74, 6) is -0.956. The van der Waals surface area contributed by atoms with E-state index in [0.717, 1.165) is 0 Å². The van der Waals surface area contributed by atoms with E-state index in [1.807, 2.05) is 6.92 Å². The Bertz CT molecular complexity index is 758. The molecule has 0 bridgehead atoms. The van der Waals surface area contributed by atoms with Gasteiger partial charge in [0.15, 0.2) is 0 Å². The molecule has 0 fully saturated rings. The number of para-hydroxylation sites is 1. The number of hydrogen-bond acceptors (Lipinski definition) is 3. The third-order valence-electron chi connectivity index (χ3n) is 3.68. The summed E-state index contributed by atoms with van der Waals surface area (Å²) in [5.41, 5.74) is -0.810. The Balaban J connectivity index is 2.05. The monoisotopic (exact) mass is 344 g/mol. The molecule has 0 atom stereocenters. The van der Waals surface area contributed by atoms with Crippen molar-refractivity contribution < 1.29 is 18.7 Å². The van der Waals surface area contributed by atoms with E-state index in [-0.39, 0.29) is 5.69 Å². The van der Waals surface area contributed by atoms with Crippen molar-refractivity contribution in [1.29, 1.82) is 0 Å². The highest BCUT2D eigenvalue weighted by Gasteiger charge is 2.36. The van der Waals surface area contributed by atoms with Crippen molar-refractivity contribution in [3.63, 3.8) is 0 Å². The van der Waals surface area contributed by atoms with Gasteiger partial charge in [0.25, 0.3) is 0 Å². The average Bonchev–Trinajstić information content (AvgIpc) is 2.58. The summed E-state index contributed by atoms with van der Waals surface area (Å²) in [7, 11) is 0. The zero-order valence-electron chi connectivity index (χ0n) is 14.4. The highest BCUT2D eigenvalue weighted by Crippen LogP contribution is 2.23. The van der Waals surface area contributed by atoms with Gasteiger partial charge in [-0.05, 0) is 57.2 Å². The maximum absolute atomic E-state index is 13.7. The van der Waals surface area contributed by atoms with Crippen molar-refractivity contribution >= 4 is 23.2 Å². The van der Waals surface area contributed by atoms with Crippen LogP contribution in [-0.2, 0) is 9.59 Å². The molecule has 0 spiro atoms. The molecule has 0 radical (unpaired) electrons. The van der Waals surface area contributed by atoms with Crippen LogP contribution in [0.2, 0.25) is 0 Å². The predicted octanol–water partition coefficient (Wildman–Crippen LogP) is 3.83. The second-order valence-electron chi connectivity index (χ2n) is 5.97. The van der Waals surface area contributed by atoms with Gasteiger partial charge in [-0.3, -0.25) is 9.59 Å². The van der Waals surface area contributed by atoms with E-state index in [2.05, 4.69) is 10.6 Å².